The van der Waals surface area contributed by atoms with Crippen molar-refractivity contribution < 1.29 is 18.8 Å². The number of halogens is 3. The molecule has 0 spiro atoms. The van der Waals surface area contributed by atoms with Crippen LogP contribution in [0.3, 0.4) is 0 Å². The van der Waals surface area contributed by atoms with Gasteiger partial charge in [-0.05, 0) is 73.8 Å². The van der Waals surface area contributed by atoms with Crippen LogP contribution in [0, 0.1) is 15.9 Å². The Balaban J connectivity index is 1.54. The number of carbonyl (C=O) groups excluding carboxylic acids is 1. The van der Waals surface area contributed by atoms with Crippen LogP contribution in [-0.2, 0) is 11.4 Å². The average Bonchev–Trinajstić information content (AvgIpc) is 3.07. The second kappa shape index (κ2) is 10.3. The maximum atomic E-state index is 13.9. The summed E-state index contributed by atoms with van der Waals surface area (Å²) in [7, 11) is 0. The van der Waals surface area contributed by atoms with Gasteiger partial charge in [-0.1, -0.05) is 42.2 Å². The van der Waals surface area contributed by atoms with Crippen LogP contribution in [0.1, 0.15) is 11.1 Å². The highest BCUT2D eigenvalue weighted by atomic mass is 79.9. The smallest absolute Gasteiger partial charge is 0.270 e. The summed E-state index contributed by atoms with van der Waals surface area (Å²) >= 11 is 13.4. The minimum Gasteiger partial charge on any atom is -0.486 e. The van der Waals surface area contributed by atoms with E-state index in [2.05, 4.69) is 31.9 Å². The average molecular weight is 624 g/mol. The molecular weight excluding hydrogens is 611 g/mol. The summed E-state index contributed by atoms with van der Waals surface area (Å²) in [5, 5.41) is 10.9. The van der Waals surface area contributed by atoms with Gasteiger partial charge in [0.1, 0.15) is 18.2 Å². The van der Waals surface area contributed by atoms with E-state index in [0.29, 0.717) is 40.7 Å². The maximum Gasteiger partial charge on any atom is 0.270 e. The van der Waals surface area contributed by atoms with Crippen LogP contribution in [0.25, 0.3) is 6.08 Å². The molecular formula is C23H13Br2FN2O4S2. The highest BCUT2D eigenvalue weighted by molar-refractivity contribution is 9.11. The number of hydrogen-bond acceptors (Lipinski definition) is 6. The Morgan fingerprint density at radius 1 is 1.12 bits per heavy atom. The largest absolute Gasteiger partial charge is 0.486 e. The number of amides is 1. The van der Waals surface area contributed by atoms with E-state index in [1.54, 1.807) is 36.4 Å². The molecule has 0 radical (unpaired) electrons. The number of non-ortho nitro benzene ring substituents is 1. The monoisotopic (exact) mass is 622 g/mol. The van der Waals surface area contributed by atoms with E-state index in [4.69, 9.17) is 17.0 Å². The molecule has 6 nitrogen and oxygen atoms in total. The van der Waals surface area contributed by atoms with Crippen molar-refractivity contribution in [2.24, 2.45) is 0 Å². The normalized spacial score (nSPS) is 14.7. The summed E-state index contributed by atoms with van der Waals surface area (Å²) in [6, 6.07) is 15.6. The third-order valence-corrected chi connectivity index (χ3v) is 7.24. The van der Waals surface area contributed by atoms with Crippen LogP contribution in [-0.4, -0.2) is 15.2 Å². The summed E-state index contributed by atoms with van der Waals surface area (Å²) < 4.78 is 21.2. The summed E-state index contributed by atoms with van der Waals surface area (Å²) in [6.07, 6.45) is 1.70. The highest BCUT2D eigenvalue weighted by Crippen LogP contribution is 2.39. The first-order chi connectivity index (χ1) is 16.2. The van der Waals surface area contributed by atoms with Crippen LogP contribution >= 0.6 is 55.8 Å². The molecule has 1 heterocycles. The van der Waals surface area contributed by atoms with Gasteiger partial charge in [-0.25, -0.2) is 4.39 Å². The van der Waals surface area contributed by atoms with Gasteiger partial charge in [0, 0.05) is 17.7 Å². The van der Waals surface area contributed by atoms with Crippen molar-refractivity contribution in [1.82, 2.24) is 0 Å². The van der Waals surface area contributed by atoms with Gasteiger partial charge >= 0.3 is 0 Å². The second-order valence-corrected chi connectivity index (χ2v) is 10.4. The number of ether oxygens (including phenoxy) is 1. The summed E-state index contributed by atoms with van der Waals surface area (Å²) in [4.78, 5) is 25.1. The Morgan fingerprint density at radius 3 is 2.38 bits per heavy atom. The molecule has 1 saturated heterocycles. The number of nitro benzene ring substituents is 1. The number of nitro groups is 1. The number of thioether (sulfide) groups is 1. The van der Waals surface area contributed by atoms with Gasteiger partial charge in [0.2, 0.25) is 0 Å². The first kappa shape index (κ1) is 24.5. The molecule has 0 saturated carbocycles. The highest BCUT2D eigenvalue weighted by Gasteiger charge is 2.33. The van der Waals surface area contributed by atoms with Crippen LogP contribution < -0.4 is 9.64 Å². The zero-order chi connectivity index (χ0) is 24.4. The van der Waals surface area contributed by atoms with E-state index in [1.165, 1.54) is 35.2 Å². The molecule has 1 amide bonds. The van der Waals surface area contributed by atoms with Gasteiger partial charge in [0.15, 0.2) is 4.32 Å². The molecule has 172 valence electrons. The quantitative estimate of drug-likeness (QED) is 0.125. The topological polar surface area (TPSA) is 72.7 Å². The maximum absolute atomic E-state index is 13.9. The molecule has 0 bridgehead atoms. The molecule has 11 heteroatoms. The van der Waals surface area contributed by atoms with E-state index in [1.807, 2.05) is 0 Å². The lowest BCUT2D eigenvalue weighted by Crippen LogP contribution is -2.27. The molecule has 0 aliphatic carbocycles. The molecule has 0 aromatic heterocycles. The molecule has 1 fully saturated rings. The van der Waals surface area contributed by atoms with E-state index < -0.39 is 4.92 Å². The molecule has 1 aliphatic heterocycles. The number of anilines is 1. The lowest BCUT2D eigenvalue weighted by atomic mass is 10.2. The zero-order valence-electron chi connectivity index (χ0n) is 17.0. The minimum atomic E-state index is -0.507. The number of nitrogens with zero attached hydrogens (tertiary/aromatic N) is 2. The molecule has 0 unspecified atom stereocenters. The molecule has 34 heavy (non-hydrogen) atoms. The number of rotatable bonds is 6. The Bertz CT molecular complexity index is 1330. The van der Waals surface area contributed by atoms with Gasteiger partial charge in [-0.3, -0.25) is 19.8 Å². The van der Waals surface area contributed by atoms with Crippen LogP contribution in [0.2, 0.25) is 0 Å². The summed E-state index contributed by atoms with van der Waals surface area (Å²) in [5.74, 6) is -0.170. The van der Waals surface area contributed by atoms with Crippen molar-refractivity contribution in [3.05, 3.63) is 102 Å². The first-order valence-corrected chi connectivity index (χ1v) is 12.4. The summed E-state index contributed by atoms with van der Waals surface area (Å²) in [5.41, 5.74) is 1.52. The van der Waals surface area contributed by atoms with Crippen molar-refractivity contribution in [3.8, 4) is 5.75 Å². The van der Waals surface area contributed by atoms with Gasteiger partial charge in [0.05, 0.1) is 24.5 Å². The van der Waals surface area contributed by atoms with Crippen molar-refractivity contribution in [1.29, 1.82) is 0 Å². The molecule has 4 rings (SSSR count). The SMILES string of the molecule is O=C1/C(=C\c2cc(Br)c(OCc3ccccc3F)c(Br)c2)SC(=S)N1c1ccc([N+](=O)[O-])cc1. The van der Waals surface area contributed by atoms with E-state index in [-0.39, 0.29) is 24.0 Å². The van der Waals surface area contributed by atoms with Crippen LogP contribution in [0.5, 0.6) is 5.75 Å². The van der Waals surface area contributed by atoms with Crippen molar-refractivity contribution in [3.63, 3.8) is 0 Å². The van der Waals surface area contributed by atoms with Gasteiger partial charge < -0.3 is 4.74 Å². The predicted octanol–water partition coefficient (Wildman–Crippen LogP) is 7.24. The standard InChI is InChI=1S/C23H13Br2FN2O4S2/c24-17-9-13(10-18(25)21(17)32-12-14-3-1-2-4-19(14)26)11-20-22(29)27(23(33)34-20)15-5-7-16(8-6-15)28(30)31/h1-11H,12H2/b20-11+. The lowest BCUT2D eigenvalue weighted by molar-refractivity contribution is -0.384. The van der Waals surface area contributed by atoms with E-state index >= 15 is 0 Å². The fraction of sp³-hybridized carbons (Fsp3) is 0.0435. The number of carbonyl (C=O) groups is 1. The summed E-state index contributed by atoms with van der Waals surface area (Å²) in [6.45, 7) is 0.0527. The third-order valence-electron chi connectivity index (χ3n) is 4.76. The predicted molar refractivity (Wildman–Crippen MR) is 141 cm³/mol. The van der Waals surface area contributed by atoms with E-state index in [0.717, 1.165) is 11.8 Å². The molecule has 3 aromatic carbocycles. The van der Waals surface area contributed by atoms with Crippen LogP contribution in [0.4, 0.5) is 15.8 Å². The van der Waals surface area contributed by atoms with Crippen molar-refractivity contribution in [2.75, 3.05) is 4.90 Å². The fourth-order valence-corrected chi connectivity index (χ4v) is 5.88. The Labute approximate surface area is 220 Å². The Hall–Kier alpha value is -2.60. The first-order valence-electron chi connectivity index (χ1n) is 9.62. The molecule has 1 aliphatic rings. The lowest BCUT2D eigenvalue weighted by Gasteiger charge is -2.14. The van der Waals surface area contributed by atoms with E-state index in [9.17, 15) is 19.3 Å². The van der Waals surface area contributed by atoms with Crippen LogP contribution in [0.15, 0.2) is 74.5 Å². The second-order valence-electron chi connectivity index (χ2n) is 6.98. The molecule has 0 N–H and O–H groups in total. The zero-order valence-corrected chi connectivity index (χ0v) is 21.8. The number of thiocarbonyl (C=S) groups is 1. The Morgan fingerprint density at radius 2 is 1.76 bits per heavy atom. The molecule has 0 atom stereocenters. The van der Waals surface area contributed by atoms with Gasteiger partial charge in [-0.15, -0.1) is 0 Å². The third kappa shape index (κ3) is 5.22. The van der Waals surface area contributed by atoms with Crippen molar-refractivity contribution in [2.45, 2.75) is 6.61 Å². The Kier molecular flexibility index (Phi) is 7.46. The number of benzene rings is 3. The van der Waals surface area contributed by atoms with Gasteiger partial charge in [-0.2, -0.15) is 0 Å². The van der Waals surface area contributed by atoms with Gasteiger partial charge in [0.25, 0.3) is 11.6 Å². The van der Waals surface area contributed by atoms with Crippen molar-refractivity contribution >= 4 is 83.5 Å². The number of hydrogen-bond donors (Lipinski definition) is 0. The minimum absolute atomic E-state index is 0.0527. The fourth-order valence-electron chi connectivity index (χ4n) is 3.13. The molecule has 3 aromatic rings.